The van der Waals surface area contributed by atoms with Gasteiger partial charge in [-0.1, -0.05) is 6.58 Å². The normalized spacial score (nSPS) is 21.7. The maximum Gasteiger partial charge on any atom is 0.211 e. The van der Waals surface area contributed by atoms with Crippen molar-refractivity contribution in [2.75, 3.05) is 6.54 Å². The number of nitrogens with zero attached hydrogens (tertiary/aromatic N) is 1. The lowest BCUT2D eigenvalue weighted by Gasteiger charge is -2.16. The Morgan fingerprint density at radius 3 is 2.50 bits per heavy atom. The Bertz CT molecular complexity index is 191. The Morgan fingerprint density at radius 1 is 1.70 bits per heavy atom. The molecule has 56 valence electrons. The van der Waals surface area contributed by atoms with Crippen molar-refractivity contribution in [2.24, 2.45) is 4.99 Å². The molecule has 0 amide bonds. The van der Waals surface area contributed by atoms with E-state index in [1.54, 1.807) is 0 Å². The Kier molecular flexibility index (Phi) is 1.55. The predicted molar refractivity (Wildman–Crippen MR) is 42.3 cm³/mol. The van der Waals surface area contributed by atoms with Gasteiger partial charge in [0.1, 0.15) is 5.60 Å². The van der Waals surface area contributed by atoms with Crippen LogP contribution in [0.5, 0.6) is 0 Å². The Balaban J connectivity index is 2.64. The summed E-state index contributed by atoms with van der Waals surface area (Å²) in [5.41, 5.74) is 0.791. The summed E-state index contributed by atoms with van der Waals surface area (Å²) in [6.45, 7) is 10.4. The molecule has 0 spiro atoms. The van der Waals surface area contributed by atoms with E-state index in [4.69, 9.17) is 4.74 Å². The zero-order valence-electron chi connectivity index (χ0n) is 6.77. The lowest BCUT2D eigenvalue weighted by molar-refractivity contribution is 0.131. The molecule has 1 rings (SSSR count). The number of hydrogen-bond donors (Lipinski definition) is 0. The van der Waals surface area contributed by atoms with Crippen LogP contribution in [0.3, 0.4) is 0 Å². The van der Waals surface area contributed by atoms with Gasteiger partial charge in [-0.2, -0.15) is 0 Å². The minimum absolute atomic E-state index is 0.117. The second-order valence-electron chi connectivity index (χ2n) is 3.26. The van der Waals surface area contributed by atoms with E-state index in [0.29, 0.717) is 5.90 Å². The quantitative estimate of drug-likeness (QED) is 0.542. The maximum absolute atomic E-state index is 5.46. The van der Waals surface area contributed by atoms with Gasteiger partial charge < -0.3 is 4.74 Å². The van der Waals surface area contributed by atoms with E-state index in [1.165, 1.54) is 0 Å². The summed E-state index contributed by atoms with van der Waals surface area (Å²) < 4.78 is 5.46. The molecule has 0 aromatic rings. The third-order valence-electron chi connectivity index (χ3n) is 1.34. The monoisotopic (exact) mass is 139 g/mol. The Morgan fingerprint density at radius 2 is 2.30 bits per heavy atom. The molecule has 0 radical (unpaired) electrons. The summed E-state index contributed by atoms with van der Waals surface area (Å²) in [5.74, 6) is 0.713. The van der Waals surface area contributed by atoms with Gasteiger partial charge in [0.05, 0.1) is 6.54 Å². The fraction of sp³-hybridized carbons (Fsp3) is 0.625. The van der Waals surface area contributed by atoms with Crippen LogP contribution in [-0.2, 0) is 4.74 Å². The number of hydrogen-bond acceptors (Lipinski definition) is 2. The van der Waals surface area contributed by atoms with Gasteiger partial charge in [-0.25, -0.2) is 4.99 Å². The molecule has 0 saturated carbocycles. The fourth-order valence-corrected chi connectivity index (χ4v) is 0.811. The molecular weight excluding hydrogens is 126 g/mol. The van der Waals surface area contributed by atoms with Gasteiger partial charge in [0.25, 0.3) is 0 Å². The van der Waals surface area contributed by atoms with Crippen LogP contribution < -0.4 is 0 Å². The number of ether oxygens (including phenoxy) is 1. The SMILES string of the molecule is C=C(C)C1=NCC(C)(C)O1. The van der Waals surface area contributed by atoms with E-state index in [1.807, 2.05) is 20.8 Å². The van der Waals surface area contributed by atoms with Crippen molar-refractivity contribution in [2.45, 2.75) is 26.4 Å². The lowest BCUT2D eigenvalue weighted by Crippen LogP contribution is -2.24. The molecule has 1 aliphatic heterocycles. The second kappa shape index (κ2) is 2.11. The number of aliphatic imine (C=N–C) groups is 1. The van der Waals surface area contributed by atoms with Crippen molar-refractivity contribution >= 4 is 5.90 Å². The van der Waals surface area contributed by atoms with Crippen molar-refractivity contribution < 1.29 is 4.74 Å². The van der Waals surface area contributed by atoms with Crippen LogP contribution in [0, 0.1) is 0 Å². The molecule has 0 bridgehead atoms. The lowest BCUT2D eigenvalue weighted by atomic mass is 10.1. The maximum atomic E-state index is 5.46. The van der Waals surface area contributed by atoms with Gasteiger partial charge in [-0.3, -0.25) is 0 Å². The van der Waals surface area contributed by atoms with E-state index in [2.05, 4.69) is 11.6 Å². The molecule has 1 heterocycles. The van der Waals surface area contributed by atoms with Crippen LogP contribution in [0.15, 0.2) is 17.1 Å². The number of rotatable bonds is 1. The molecule has 10 heavy (non-hydrogen) atoms. The molecule has 0 saturated heterocycles. The Hall–Kier alpha value is -0.790. The fourth-order valence-electron chi connectivity index (χ4n) is 0.811. The molecule has 0 atom stereocenters. The van der Waals surface area contributed by atoms with Crippen LogP contribution >= 0.6 is 0 Å². The first-order valence-electron chi connectivity index (χ1n) is 3.41. The van der Waals surface area contributed by atoms with Gasteiger partial charge >= 0.3 is 0 Å². The molecule has 2 nitrogen and oxygen atoms in total. The van der Waals surface area contributed by atoms with Crippen LogP contribution in [0.2, 0.25) is 0 Å². The first-order chi connectivity index (χ1) is 4.51. The van der Waals surface area contributed by atoms with Crippen LogP contribution in [-0.4, -0.2) is 18.0 Å². The molecule has 0 aromatic heterocycles. The van der Waals surface area contributed by atoms with Crippen molar-refractivity contribution in [3.8, 4) is 0 Å². The van der Waals surface area contributed by atoms with Gasteiger partial charge in [0.2, 0.25) is 5.90 Å². The van der Waals surface area contributed by atoms with Gasteiger partial charge in [0, 0.05) is 5.57 Å². The molecule has 0 fully saturated rings. The summed E-state index contributed by atoms with van der Waals surface area (Å²) in [7, 11) is 0. The molecule has 0 aliphatic carbocycles. The second-order valence-corrected chi connectivity index (χ2v) is 3.26. The molecule has 2 heteroatoms. The highest BCUT2D eigenvalue weighted by atomic mass is 16.5. The largest absolute Gasteiger partial charge is 0.470 e. The summed E-state index contributed by atoms with van der Waals surface area (Å²) in [5, 5.41) is 0. The van der Waals surface area contributed by atoms with Crippen molar-refractivity contribution in [3.05, 3.63) is 12.2 Å². The minimum atomic E-state index is -0.117. The highest BCUT2D eigenvalue weighted by Crippen LogP contribution is 2.19. The zero-order chi connectivity index (χ0) is 7.78. The van der Waals surface area contributed by atoms with Crippen molar-refractivity contribution in [3.63, 3.8) is 0 Å². The molecule has 1 aliphatic rings. The van der Waals surface area contributed by atoms with E-state index in [0.717, 1.165) is 12.1 Å². The van der Waals surface area contributed by atoms with Crippen LogP contribution in [0.1, 0.15) is 20.8 Å². The first-order valence-corrected chi connectivity index (χ1v) is 3.41. The average Bonchev–Trinajstić information content (AvgIpc) is 2.10. The smallest absolute Gasteiger partial charge is 0.211 e. The molecule has 0 N–H and O–H groups in total. The van der Waals surface area contributed by atoms with E-state index in [-0.39, 0.29) is 5.60 Å². The predicted octanol–water partition coefficient (Wildman–Crippen LogP) is 1.77. The van der Waals surface area contributed by atoms with Crippen LogP contribution in [0.4, 0.5) is 0 Å². The Labute approximate surface area is 61.6 Å². The highest BCUT2D eigenvalue weighted by Gasteiger charge is 2.27. The molecule has 0 aromatic carbocycles. The zero-order valence-corrected chi connectivity index (χ0v) is 6.77. The first kappa shape index (κ1) is 7.32. The van der Waals surface area contributed by atoms with Crippen molar-refractivity contribution in [1.29, 1.82) is 0 Å². The molecular formula is C8H13NO. The average molecular weight is 139 g/mol. The van der Waals surface area contributed by atoms with E-state index in [9.17, 15) is 0 Å². The third kappa shape index (κ3) is 1.38. The summed E-state index contributed by atoms with van der Waals surface area (Å²) in [4.78, 5) is 4.18. The van der Waals surface area contributed by atoms with Crippen LogP contribution in [0.25, 0.3) is 0 Å². The summed E-state index contributed by atoms with van der Waals surface area (Å²) in [6.07, 6.45) is 0. The topological polar surface area (TPSA) is 21.6 Å². The van der Waals surface area contributed by atoms with E-state index >= 15 is 0 Å². The summed E-state index contributed by atoms with van der Waals surface area (Å²) in [6, 6.07) is 0. The third-order valence-corrected chi connectivity index (χ3v) is 1.34. The van der Waals surface area contributed by atoms with Gasteiger partial charge in [-0.15, -0.1) is 0 Å². The molecule has 0 unspecified atom stereocenters. The summed E-state index contributed by atoms with van der Waals surface area (Å²) >= 11 is 0. The highest BCUT2D eigenvalue weighted by molar-refractivity contribution is 5.93. The van der Waals surface area contributed by atoms with Gasteiger partial charge in [0.15, 0.2) is 0 Å². The van der Waals surface area contributed by atoms with E-state index < -0.39 is 0 Å². The standard InChI is InChI=1S/C8H13NO/c1-6(2)7-9-5-8(3,4)10-7/h1,5H2,2-4H3. The van der Waals surface area contributed by atoms with Crippen molar-refractivity contribution in [1.82, 2.24) is 0 Å². The van der Waals surface area contributed by atoms with Gasteiger partial charge in [-0.05, 0) is 20.8 Å². The minimum Gasteiger partial charge on any atom is -0.470 e.